The van der Waals surface area contributed by atoms with E-state index in [9.17, 15) is 0 Å². The van der Waals surface area contributed by atoms with Crippen molar-refractivity contribution in [2.45, 2.75) is 0 Å². The van der Waals surface area contributed by atoms with E-state index >= 15 is 0 Å². The van der Waals surface area contributed by atoms with Gasteiger partial charge in [-0.3, -0.25) is 4.98 Å². The Labute approximate surface area is 109 Å². The summed E-state index contributed by atoms with van der Waals surface area (Å²) in [5.41, 5.74) is 11.9. The minimum absolute atomic E-state index is 0.0724. The third-order valence-electron chi connectivity index (χ3n) is 2.55. The molecule has 6 nitrogen and oxygen atoms in total. The molecule has 0 aliphatic heterocycles. The van der Waals surface area contributed by atoms with Crippen molar-refractivity contribution in [3.8, 4) is 11.6 Å². The largest absolute Gasteiger partial charge is 0.436 e. The Morgan fingerprint density at radius 3 is 2.68 bits per heavy atom. The first-order chi connectivity index (χ1) is 9.22. The number of nitrogens with zero attached hydrogens (tertiary/aromatic N) is 3. The minimum atomic E-state index is 0.0724. The topological polar surface area (TPSA) is 99.9 Å². The molecule has 0 amide bonds. The molecular formula is C13H11N5O. The normalized spacial score (nSPS) is 10.5. The second kappa shape index (κ2) is 4.41. The number of para-hydroxylation sites is 1. The molecule has 1 aromatic carbocycles. The van der Waals surface area contributed by atoms with Gasteiger partial charge in [-0.05, 0) is 12.1 Å². The van der Waals surface area contributed by atoms with E-state index in [0.29, 0.717) is 11.6 Å². The lowest BCUT2D eigenvalue weighted by Crippen LogP contribution is -2.01. The van der Waals surface area contributed by atoms with Gasteiger partial charge >= 0.3 is 0 Å². The molecule has 0 saturated carbocycles. The summed E-state index contributed by atoms with van der Waals surface area (Å²) in [6.07, 6.45) is 1.71. The maximum absolute atomic E-state index is 5.68. The number of anilines is 2. The number of pyridine rings is 1. The highest BCUT2D eigenvalue weighted by atomic mass is 16.5. The van der Waals surface area contributed by atoms with E-state index in [1.807, 2.05) is 30.3 Å². The fourth-order valence-corrected chi connectivity index (χ4v) is 1.78. The number of nitrogens with two attached hydrogens (primary N) is 2. The van der Waals surface area contributed by atoms with Crippen molar-refractivity contribution >= 4 is 22.7 Å². The number of rotatable bonds is 2. The second-order valence-corrected chi connectivity index (χ2v) is 3.92. The van der Waals surface area contributed by atoms with Crippen LogP contribution in [0, 0.1) is 0 Å². The summed E-state index contributed by atoms with van der Waals surface area (Å²) in [7, 11) is 0. The molecule has 2 heterocycles. The predicted molar refractivity (Wildman–Crippen MR) is 72.7 cm³/mol. The van der Waals surface area contributed by atoms with E-state index in [0.717, 1.165) is 10.9 Å². The quantitative estimate of drug-likeness (QED) is 0.724. The minimum Gasteiger partial charge on any atom is -0.436 e. The van der Waals surface area contributed by atoms with Crippen LogP contribution in [0.25, 0.3) is 10.9 Å². The third-order valence-corrected chi connectivity index (χ3v) is 2.55. The van der Waals surface area contributed by atoms with Gasteiger partial charge in [-0.1, -0.05) is 18.2 Å². The summed E-state index contributed by atoms with van der Waals surface area (Å²) in [4.78, 5) is 12.1. The molecule has 19 heavy (non-hydrogen) atoms. The highest BCUT2D eigenvalue weighted by molar-refractivity contribution is 5.84. The lowest BCUT2D eigenvalue weighted by atomic mass is 10.2. The summed E-state index contributed by atoms with van der Waals surface area (Å²) in [6.45, 7) is 0. The lowest BCUT2D eigenvalue weighted by Gasteiger charge is -2.08. The molecule has 6 heteroatoms. The van der Waals surface area contributed by atoms with Gasteiger partial charge in [0.1, 0.15) is 11.3 Å². The lowest BCUT2D eigenvalue weighted by molar-refractivity contribution is 0.467. The van der Waals surface area contributed by atoms with Crippen LogP contribution in [0.5, 0.6) is 11.6 Å². The van der Waals surface area contributed by atoms with Crippen LogP contribution in [0.15, 0.2) is 42.6 Å². The molecule has 3 aromatic rings. The first kappa shape index (κ1) is 11.2. The molecule has 0 atom stereocenters. The van der Waals surface area contributed by atoms with Crippen LogP contribution in [-0.4, -0.2) is 15.0 Å². The SMILES string of the molecule is Nc1cc(Oc2cccc3cccnc23)nc(N)n1. The monoisotopic (exact) mass is 253 g/mol. The Morgan fingerprint density at radius 1 is 1.00 bits per heavy atom. The van der Waals surface area contributed by atoms with E-state index in [-0.39, 0.29) is 11.8 Å². The highest BCUT2D eigenvalue weighted by Crippen LogP contribution is 2.27. The Balaban J connectivity index is 2.05. The number of nitrogen functional groups attached to an aromatic ring is 2. The van der Waals surface area contributed by atoms with Crippen LogP contribution < -0.4 is 16.2 Å². The number of hydrogen-bond donors (Lipinski definition) is 2. The standard InChI is InChI=1S/C13H11N5O/c14-10-7-11(18-13(15)17-10)19-9-5-1-3-8-4-2-6-16-12(8)9/h1-7H,(H4,14,15,17,18). The van der Waals surface area contributed by atoms with Gasteiger partial charge in [0.2, 0.25) is 11.8 Å². The van der Waals surface area contributed by atoms with Crippen LogP contribution in [0.1, 0.15) is 0 Å². The summed E-state index contributed by atoms with van der Waals surface area (Å²) in [5, 5.41) is 0.981. The van der Waals surface area contributed by atoms with Crippen molar-refractivity contribution in [2.75, 3.05) is 11.5 Å². The molecule has 0 fully saturated rings. The summed E-state index contributed by atoms with van der Waals surface area (Å²) in [5.74, 6) is 1.22. The van der Waals surface area contributed by atoms with E-state index in [4.69, 9.17) is 16.2 Å². The van der Waals surface area contributed by atoms with Gasteiger partial charge in [-0.2, -0.15) is 9.97 Å². The Kier molecular flexibility index (Phi) is 2.60. The molecule has 0 spiro atoms. The van der Waals surface area contributed by atoms with Crippen molar-refractivity contribution < 1.29 is 4.74 Å². The zero-order valence-electron chi connectivity index (χ0n) is 9.95. The molecule has 0 unspecified atom stereocenters. The van der Waals surface area contributed by atoms with Gasteiger partial charge in [0.25, 0.3) is 0 Å². The smallest absolute Gasteiger partial charge is 0.226 e. The van der Waals surface area contributed by atoms with E-state index in [1.165, 1.54) is 6.07 Å². The van der Waals surface area contributed by atoms with Crippen molar-refractivity contribution in [2.24, 2.45) is 0 Å². The fraction of sp³-hybridized carbons (Fsp3) is 0. The van der Waals surface area contributed by atoms with E-state index in [2.05, 4.69) is 15.0 Å². The molecule has 0 aliphatic rings. The molecule has 0 aliphatic carbocycles. The first-order valence-electron chi connectivity index (χ1n) is 5.64. The highest BCUT2D eigenvalue weighted by Gasteiger charge is 2.06. The number of benzene rings is 1. The van der Waals surface area contributed by atoms with Crippen LogP contribution in [-0.2, 0) is 0 Å². The molecule has 0 saturated heterocycles. The second-order valence-electron chi connectivity index (χ2n) is 3.92. The average molecular weight is 253 g/mol. The van der Waals surface area contributed by atoms with Crippen molar-refractivity contribution in [1.82, 2.24) is 15.0 Å². The van der Waals surface area contributed by atoms with Crippen LogP contribution in [0.2, 0.25) is 0 Å². The maximum Gasteiger partial charge on any atom is 0.226 e. The zero-order valence-corrected chi connectivity index (χ0v) is 9.95. The molecule has 2 aromatic heterocycles. The predicted octanol–water partition coefficient (Wildman–Crippen LogP) is 1.98. The molecule has 0 radical (unpaired) electrons. The molecular weight excluding hydrogens is 242 g/mol. The van der Waals surface area contributed by atoms with Gasteiger partial charge in [-0.25, -0.2) is 0 Å². The van der Waals surface area contributed by atoms with Gasteiger partial charge in [-0.15, -0.1) is 0 Å². The Bertz CT molecular complexity index is 718. The molecule has 94 valence electrons. The van der Waals surface area contributed by atoms with Gasteiger partial charge < -0.3 is 16.2 Å². The molecule has 3 rings (SSSR count). The average Bonchev–Trinajstić information content (AvgIpc) is 2.38. The van der Waals surface area contributed by atoms with Crippen LogP contribution >= 0.6 is 0 Å². The van der Waals surface area contributed by atoms with Crippen LogP contribution in [0.4, 0.5) is 11.8 Å². The zero-order chi connectivity index (χ0) is 13.2. The van der Waals surface area contributed by atoms with Crippen LogP contribution in [0.3, 0.4) is 0 Å². The van der Waals surface area contributed by atoms with Crippen molar-refractivity contribution in [3.05, 3.63) is 42.6 Å². The van der Waals surface area contributed by atoms with Crippen molar-refractivity contribution in [3.63, 3.8) is 0 Å². The Hall–Kier alpha value is -2.89. The maximum atomic E-state index is 5.68. The van der Waals surface area contributed by atoms with E-state index in [1.54, 1.807) is 6.20 Å². The van der Waals surface area contributed by atoms with Crippen molar-refractivity contribution in [1.29, 1.82) is 0 Å². The fourth-order valence-electron chi connectivity index (χ4n) is 1.78. The van der Waals surface area contributed by atoms with Gasteiger partial charge in [0.05, 0.1) is 0 Å². The van der Waals surface area contributed by atoms with Gasteiger partial charge in [0.15, 0.2) is 5.75 Å². The number of hydrogen-bond acceptors (Lipinski definition) is 6. The number of fused-ring (bicyclic) bond motifs is 1. The number of ether oxygens (including phenoxy) is 1. The summed E-state index contributed by atoms with van der Waals surface area (Å²) < 4.78 is 5.68. The molecule has 0 bridgehead atoms. The summed E-state index contributed by atoms with van der Waals surface area (Å²) in [6, 6.07) is 11.0. The van der Waals surface area contributed by atoms with E-state index < -0.39 is 0 Å². The Morgan fingerprint density at radius 2 is 1.84 bits per heavy atom. The van der Waals surface area contributed by atoms with Gasteiger partial charge in [0, 0.05) is 17.6 Å². The number of aromatic nitrogens is 3. The molecule has 4 N–H and O–H groups in total. The third kappa shape index (κ3) is 2.23. The summed E-state index contributed by atoms with van der Waals surface area (Å²) >= 11 is 0. The first-order valence-corrected chi connectivity index (χ1v) is 5.64.